The van der Waals surface area contributed by atoms with E-state index in [0.29, 0.717) is 35.1 Å². The summed E-state index contributed by atoms with van der Waals surface area (Å²) in [6.45, 7) is 3.67. The number of carboxylic acids is 1. The van der Waals surface area contributed by atoms with Crippen LogP contribution in [0, 0.1) is 23.7 Å². The minimum absolute atomic E-state index is 0.0564. The number of anilines is 1. The molecule has 3 fully saturated rings. The van der Waals surface area contributed by atoms with Gasteiger partial charge in [-0.1, -0.05) is 17.7 Å². The zero-order chi connectivity index (χ0) is 24.6. The number of carbonyl (C=O) groups is 1. The van der Waals surface area contributed by atoms with Crippen LogP contribution in [0.1, 0.15) is 53.2 Å². The lowest BCUT2D eigenvalue weighted by Crippen LogP contribution is -2.75. The number of alkyl halides is 1. The number of pyridine rings is 1. The first-order valence-electron chi connectivity index (χ1n) is 10.8. The normalized spacial score (nSPS) is 25.7. The SMILES string of the molecule is Cc1cc([C@@H](C)Nc2ccc(Cl)nc2C(=O)O)c2nc(C34CC(C#N)(C3)C4F)n(C)c(=O)c2c1. The van der Waals surface area contributed by atoms with Crippen molar-refractivity contribution in [2.45, 2.75) is 44.3 Å². The van der Waals surface area contributed by atoms with Crippen LogP contribution in [-0.4, -0.2) is 31.8 Å². The summed E-state index contributed by atoms with van der Waals surface area (Å²) in [5.41, 5.74) is -0.228. The van der Waals surface area contributed by atoms with Crippen LogP contribution < -0.4 is 10.9 Å². The fraction of sp³-hybridized carbons (Fsp3) is 0.375. The average Bonchev–Trinajstić information content (AvgIpc) is 2.77. The summed E-state index contributed by atoms with van der Waals surface area (Å²) in [5.74, 6) is -0.893. The number of fused-ring (bicyclic) bond motifs is 1. The number of aryl methyl sites for hydroxylation is 1. The summed E-state index contributed by atoms with van der Waals surface area (Å²) < 4.78 is 16.4. The van der Waals surface area contributed by atoms with Gasteiger partial charge in [-0.05, 0) is 50.5 Å². The molecular weight excluding hydrogens is 461 g/mol. The van der Waals surface area contributed by atoms with Gasteiger partial charge in [0, 0.05) is 12.6 Å². The van der Waals surface area contributed by atoms with Crippen molar-refractivity contribution in [2.75, 3.05) is 5.32 Å². The molecule has 174 valence electrons. The maximum Gasteiger partial charge on any atom is 0.356 e. The molecule has 34 heavy (non-hydrogen) atoms. The molecule has 0 amide bonds. The number of hydrogen-bond acceptors (Lipinski definition) is 6. The lowest BCUT2D eigenvalue weighted by Gasteiger charge is -2.68. The zero-order valence-electron chi connectivity index (χ0n) is 18.7. The summed E-state index contributed by atoms with van der Waals surface area (Å²) in [5, 5.41) is 22.4. The van der Waals surface area contributed by atoms with Gasteiger partial charge in [-0.3, -0.25) is 9.36 Å². The molecule has 2 bridgehead atoms. The van der Waals surface area contributed by atoms with Gasteiger partial charge in [-0.15, -0.1) is 0 Å². The summed E-state index contributed by atoms with van der Waals surface area (Å²) in [7, 11) is 1.58. The van der Waals surface area contributed by atoms with Gasteiger partial charge in [-0.25, -0.2) is 19.2 Å². The van der Waals surface area contributed by atoms with Crippen molar-refractivity contribution in [2.24, 2.45) is 12.5 Å². The number of nitriles is 1. The minimum atomic E-state index is -1.36. The maximum absolute atomic E-state index is 15.0. The highest BCUT2D eigenvalue weighted by molar-refractivity contribution is 6.29. The van der Waals surface area contributed by atoms with E-state index in [9.17, 15) is 24.3 Å². The van der Waals surface area contributed by atoms with Crippen molar-refractivity contribution in [3.63, 3.8) is 0 Å². The smallest absolute Gasteiger partial charge is 0.356 e. The van der Waals surface area contributed by atoms with Crippen molar-refractivity contribution >= 4 is 34.2 Å². The van der Waals surface area contributed by atoms with Gasteiger partial charge < -0.3 is 10.4 Å². The van der Waals surface area contributed by atoms with Gasteiger partial charge in [0.2, 0.25) is 0 Å². The number of aromatic nitrogens is 3. The van der Waals surface area contributed by atoms with Crippen LogP contribution in [-0.2, 0) is 12.5 Å². The number of carboxylic acid groups (broad SMARTS) is 1. The summed E-state index contributed by atoms with van der Waals surface area (Å²) in [4.78, 5) is 33.6. The predicted octanol–water partition coefficient (Wildman–Crippen LogP) is 4.05. The van der Waals surface area contributed by atoms with Crippen molar-refractivity contribution in [1.82, 2.24) is 14.5 Å². The Balaban J connectivity index is 1.63. The molecule has 3 aliphatic rings. The first-order chi connectivity index (χ1) is 16.0. The third-order valence-corrected chi connectivity index (χ3v) is 7.37. The highest BCUT2D eigenvalue weighted by Crippen LogP contribution is 2.74. The molecule has 2 N–H and O–H groups in total. The van der Waals surface area contributed by atoms with Crippen LogP contribution in [0.4, 0.5) is 10.1 Å². The molecular formula is C24H21ClFN5O3. The Bertz CT molecular complexity index is 1490. The Kier molecular flexibility index (Phi) is 4.75. The first kappa shape index (κ1) is 22.3. The molecule has 2 aromatic heterocycles. The monoisotopic (exact) mass is 481 g/mol. The van der Waals surface area contributed by atoms with Gasteiger partial charge in [0.05, 0.1) is 39.5 Å². The Hall–Kier alpha value is -3.51. The van der Waals surface area contributed by atoms with Gasteiger partial charge in [0.25, 0.3) is 5.56 Å². The largest absolute Gasteiger partial charge is 0.476 e. The number of hydrogen-bond donors (Lipinski definition) is 2. The number of benzene rings is 1. The molecule has 1 unspecified atom stereocenters. The molecule has 2 heterocycles. The summed E-state index contributed by atoms with van der Waals surface area (Å²) in [6.07, 6.45) is -0.670. The van der Waals surface area contributed by atoms with E-state index in [1.807, 2.05) is 19.9 Å². The molecule has 6 rings (SSSR count). The second-order valence-electron chi connectivity index (χ2n) is 9.39. The zero-order valence-corrected chi connectivity index (χ0v) is 19.4. The van der Waals surface area contributed by atoms with E-state index in [2.05, 4.69) is 16.4 Å². The van der Waals surface area contributed by atoms with E-state index in [1.54, 1.807) is 13.1 Å². The van der Waals surface area contributed by atoms with Gasteiger partial charge >= 0.3 is 5.97 Å². The van der Waals surface area contributed by atoms with E-state index in [-0.39, 0.29) is 22.1 Å². The fourth-order valence-corrected chi connectivity index (χ4v) is 5.61. The second kappa shape index (κ2) is 7.24. The lowest BCUT2D eigenvalue weighted by molar-refractivity contribution is -0.195. The Labute approximate surface area is 199 Å². The van der Waals surface area contributed by atoms with Crippen molar-refractivity contribution in [1.29, 1.82) is 5.26 Å². The molecule has 0 aliphatic heterocycles. The highest BCUT2D eigenvalue weighted by atomic mass is 35.5. The lowest BCUT2D eigenvalue weighted by atomic mass is 9.34. The maximum atomic E-state index is 15.0. The third-order valence-electron chi connectivity index (χ3n) is 7.16. The van der Waals surface area contributed by atoms with Gasteiger partial charge in [-0.2, -0.15) is 5.26 Å². The molecule has 2 atom stereocenters. The molecule has 3 saturated carbocycles. The molecule has 8 nitrogen and oxygen atoms in total. The van der Waals surface area contributed by atoms with Crippen molar-refractivity contribution in [3.05, 3.63) is 62.4 Å². The van der Waals surface area contributed by atoms with E-state index >= 15 is 0 Å². The fourth-order valence-electron chi connectivity index (χ4n) is 5.46. The standard InChI is InChI=1S/C24H21ClFN5O3/c1-11-6-13(12(2)28-15-4-5-16(25)29-18(15)20(33)34)17-14(7-11)19(32)31(3)22(30-17)24-8-23(9-24,10-27)21(24)26/h4-7,12,21,28H,8-9H2,1-3H3,(H,33,34)/t12-,21?,23?,24?/m1/s1. The summed E-state index contributed by atoms with van der Waals surface area (Å²) >= 11 is 5.86. The number of nitrogens with zero attached hydrogens (tertiary/aromatic N) is 4. The molecule has 1 aromatic carbocycles. The van der Waals surface area contributed by atoms with Crippen LogP contribution in [0.15, 0.2) is 29.1 Å². The van der Waals surface area contributed by atoms with Crippen LogP contribution in [0.2, 0.25) is 5.15 Å². The number of halogens is 2. The second-order valence-corrected chi connectivity index (χ2v) is 9.78. The van der Waals surface area contributed by atoms with E-state index in [4.69, 9.17) is 16.6 Å². The van der Waals surface area contributed by atoms with Crippen molar-refractivity contribution < 1.29 is 14.3 Å². The average molecular weight is 482 g/mol. The van der Waals surface area contributed by atoms with Crippen molar-refractivity contribution in [3.8, 4) is 6.07 Å². The quantitative estimate of drug-likeness (QED) is 0.527. The minimum Gasteiger partial charge on any atom is -0.476 e. The first-order valence-corrected chi connectivity index (χ1v) is 11.1. The number of nitrogens with one attached hydrogen (secondary N) is 1. The Morgan fingerprint density at radius 3 is 2.71 bits per heavy atom. The molecule has 0 spiro atoms. The van der Waals surface area contributed by atoms with Crippen LogP contribution in [0.3, 0.4) is 0 Å². The molecule has 0 saturated heterocycles. The molecule has 3 aliphatic carbocycles. The molecule has 3 aromatic rings. The van der Waals surface area contributed by atoms with E-state index in [1.165, 1.54) is 16.7 Å². The molecule has 10 heteroatoms. The van der Waals surface area contributed by atoms with Crippen LogP contribution in [0.25, 0.3) is 10.9 Å². The van der Waals surface area contributed by atoms with Gasteiger partial charge in [0.1, 0.15) is 17.1 Å². The Morgan fingerprint density at radius 1 is 1.38 bits per heavy atom. The Morgan fingerprint density at radius 2 is 2.09 bits per heavy atom. The molecule has 0 radical (unpaired) electrons. The third kappa shape index (κ3) is 2.88. The van der Waals surface area contributed by atoms with E-state index in [0.717, 1.165) is 5.56 Å². The predicted molar refractivity (Wildman–Crippen MR) is 124 cm³/mol. The number of aromatic carboxylic acids is 1. The topological polar surface area (TPSA) is 121 Å². The van der Waals surface area contributed by atoms with Gasteiger partial charge in [0.15, 0.2) is 5.69 Å². The highest BCUT2D eigenvalue weighted by Gasteiger charge is 2.79. The van der Waals surface area contributed by atoms with E-state index < -0.39 is 29.0 Å². The number of rotatable bonds is 5. The van der Waals surface area contributed by atoms with Crippen LogP contribution in [0.5, 0.6) is 0 Å². The summed E-state index contributed by atoms with van der Waals surface area (Å²) in [6, 6.07) is 8.24. The van der Waals surface area contributed by atoms with Crippen LogP contribution >= 0.6 is 11.6 Å².